The number of carbonyl (C=O) groups excluding carboxylic acids is 3. The summed E-state index contributed by atoms with van der Waals surface area (Å²) in [6.45, 7) is 13.3. The van der Waals surface area contributed by atoms with E-state index < -0.39 is 0 Å². The molecule has 0 fully saturated rings. The number of hydrogen-bond acceptors (Lipinski definition) is 9. The number of likely N-dealkylation sites (N-methyl/N-ethyl adjacent to an activating group) is 3. The molecular weight excluding hydrogens is 727 g/mol. The van der Waals surface area contributed by atoms with Crippen LogP contribution in [0.15, 0.2) is 36.4 Å². The SMILES string of the molecule is CCc1cc2c(OCC(=O)N(C)C)c(c1)COCc1cc(C(C)(C)C)cc(c1OCC(=O)N(C)C)COCc1cc(C(C)C)cc(c1OCC(=O)N(C)C)COC2. The van der Waals surface area contributed by atoms with E-state index in [1.54, 1.807) is 42.3 Å². The number of nitrogens with zero attached hydrogens (tertiary/aromatic N) is 3. The lowest BCUT2D eigenvalue weighted by molar-refractivity contribution is -0.131. The molecule has 3 aromatic carbocycles. The summed E-state index contributed by atoms with van der Waals surface area (Å²) in [5.41, 5.74) is 7.57. The van der Waals surface area contributed by atoms with Gasteiger partial charge in [0, 0.05) is 75.7 Å². The molecule has 0 atom stereocenters. The highest BCUT2D eigenvalue weighted by molar-refractivity contribution is 5.78. The zero-order valence-electron chi connectivity index (χ0n) is 36.1. The van der Waals surface area contributed by atoms with E-state index in [9.17, 15) is 14.4 Å². The number of aryl methyl sites for hydroxylation is 1. The number of fused-ring (bicyclic) bond motifs is 6. The first-order valence-corrected chi connectivity index (χ1v) is 19.6. The van der Waals surface area contributed by atoms with E-state index in [1.807, 2.05) is 12.1 Å². The summed E-state index contributed by atoms with van der Waals surface area (Å²) in [4.78, 5) is 42.9. The average Bonchev–Trinajstić information content (AvgIpc) is 3.14. The number of ether oxygens (including phenoxy) is 6. The van der Waals surface area contributed by atoms with Gasteiger partial charge >= 0.3 is 0 Å². The Morgan fingerprint density at radius 1 is 0.561 bits per heavy atom. The van der Waals surface area contributed by atoms with Crippen molar-refractivity contribution in [2.24, 2.45) is 0 Å². The molecule has 12 heteroatoms. The van der Waals surface area contributed by atoms with Crippen LogP contribution in [0.4, 0.5) is 0 Å². The third-order valence-corrected chi connectivity index (χ3v) is 9.81. The summed E-state index contributed by atoms with van der Waals surface area (Å²) in [6, 6.07) is 12.3. The van der Waals surface area contributed by atoms with Crippen molar-refractivity contribution in [3.63, 3.8) is 0 Å². The highest BCUT2D eigenvalue weighted by atomic mass is 16.5. The molecule has 0 unspecified atom stereocenters. The number of carbonyl (C=O) groups is 3. The number of benzene rings is 3. The largest absolute Gasteiger partial charge is 0.483 e. The highest BCUT2D eigenvalue weighted by Crippen LogP contribution is 2.36. The van der Waals surface area contributed by atoms with Gasteiger partial charge in [-0.2, -0.15) is 0 Å². The monoisotopic (exact) mass is 789 g/mol. The summed E-state index contributed by atoms with van der Waals surface area (Å²) in [7, 11) is 10.2. The molecule has 0 radical (unpaired) electrons. The third kappa shape index (κ3) is 12.4. The van der Waals surface area contributed by atoms with Gasteiger partial charge in [0.25, 0.3) is 17.7 Å². The molecule has 0 N–H and O–H groups in total. The first-order chi connectivity index (χ1) is 26.9. The van der Waals surface area contributed by atoms with E-state index in [1.165, 1.54) is 14.7 Å². The van der Waals surface area contributed by atoms with Crippen molar-refractivity contribution in [2.45, 2.75) is 98.9 Å². The van der Waals surface area contributed by atoms with Crippen LogP contribution in [0.3, 0.4) is 0 Å². The molecule has 57 heavy (non-hydrogen) atoms. The predicted molar refractivity (Wildman–Crippen MR) is 220 cm³/mol. The molecule has 0 saturated heterocycles. The molecule has 4 rings (SSSR count). The molecule has 1 aliphatic heterocycles. The summed E-state index contributed by atoms with van der Waals surface area (Å²) in [6.07, 6.45) is 0.753. The van der Waals surface area contributed by atoms with E-state index in [0.717, 1.165) is 56.5 Å². The molecule has 0 saturated carbocycles. The van der Waals surface area contributed by atoms with Crippen LogP contribution in [0.2, 0.25) is 0 Å². The minimum absolute atomic E-state index is 0.162. The van der Waals surface area contributed by atoms with Gasteiger partial charge in [0.05, 0.1) is 39.6 Å². The fourth-order valence-corrected chi connectivity index (χ4v) is 6.13. The lowest BCUT2D eigenvalue weighted by Crippen LogP contribution is -2.28. The van der Waals surface area contributed by atoms with Gasteiger partial charge in [-0.15, -0.1) is 0 Å². The Kier molecular flexibility index (Phi) is 15.9. The number of hydrogen-bond donors (Lipinski definition) is 0. The van der Waals surface area contributed by atoms with E-state index in [-0.39, 0.29) is 88.5 Å². The predicted octanol–water partition coefficient (Wildman–Crippen LogP) is 6.53. The van der Waals surface area contributed by atoms with Gasteiger partial charge in [0.2, 0.25) is 0 Å². The second kappa shape index (κ2) is 20.2. The average molecular weight is 790 g/mol. The number of rotatable bonds is 11. The van der Waals surface area contributed by atoms with Gasteiger partial charge in [-0.3, -0.25) is 14.4 Å². The molecule has 0 spiro atoms. The van der Waals surface area contributed by atoms with E-state index >= 15 is 0 Å². The van der Waals surface area contributed by atoms with Crippen LogP contribution < -0.4 is 14.2 Å². The van der Waals surface area contributed by atoms with Crippen molar-refractivity contribution in [3.8, 4) is 17.2 Å². The van der Waals surface area contributed by atoms with Crippen molar-refractivity contribution >= 4 is 17.7 Å². The van der Waals surface area contributed by atoms with Crippen LogP contribution in [0, 0.1) is 0 Å². The van der Waals surface area contributed by atoms with Crippen LogP contribution in [0.25, 0.3) is 0 Å². The normalized spacial score (nSPS) is 13.6. The Hall–Kier alpha value is -4.65. The van der Waals surface area contributed by atoms with E-state index in [4.69, 9.17) is 28.4 Å². The van der Waals surface area contributed by atoms with Crippen LogP contribution in [0.5, 0.6) is 17.2 Å². The topological polar surface area (TPSA) is 116 Å². The van der Waals surface area contributed by atoms with Gasteiger partial charge in [-0.05, 0) is 70.8 Å². The standard InChI is InChI=1S/C45H63N3O9/c1-13-30-14-32-20-52-22-34-16-31(29(2)3)17-35(43(34)56-27-40(50)47(9)10)23-54-25-37-19-38(45(4,5)6)18-36(44(37)57-28-41(51)48(11)12)24-53-21-33(15-30)42(32)55-26-39(49)46(7)8/h14-19,29H,13,20-28H2,1-12H3. The molecule has 1 heterocycles. The van der Waals surface area contributed by atoms with Crippen LogP contribution in [-0.2, 0) is 80.1 Å². The van der Waals surface area contributed by atoms with Gasteiger partial charge in [-0.1, -0.05) is 41.5 Å². The van der Waals surface area contributed by atoms with Crippen LogP contribution in [0.1, 0.15) is 97.5 Å². The fourth-order valence-electron chi connectivity index (χ4n) is 6.13. The van der Waals surface area contributed by atoms with Crippen molar-refractivity contribution in [1.29, 1.82) is 0 Å². The molecule has 12 nitrogen and oxygen atoms in total. The Morgan fingerprint density at radius 3 is 1.12 bits per heavy atom. The quantitative estimate of drug-likeness (QED) is 0.214. The van der Waals surface area contributed by atoms with Crippen molar-refractivity contribution in [1.82, 2.24) is 14.7 Å². The van der Waals surface area contributed by atoms with Gasteiger partial charge in [0.15, 0.2) is 19.8 Å². The summed E-state index contributed by atoms with van der Waals surface area (Å²) in [5.74, 6) is 1.20. The Morgan fingerprint density at radius 2 is 0.860 bits per heavy atom. The fraction of sp³-hybridized carbons (Fsp3) is 0.533. The van der Waals surface area contributed by atoms with Gasteiger partial charge in [0.1, 0.15) is 17.2 Å². The third-order valence-electron chi connectivity index (χ3n) is 9.81. The maximum absolute atomic E-state index is 12.8. The summed E-state index contributed by atoms with van der Waals surface area (Å²) >= 11 is 0. The molecule has 0 aliphatic carbocycles. The summed E-state index contributed by atoms with van der Waals surface area (Å²) in [5, 5.41) is 0. The highest BCUT2D eigenvalue weighted by Gasteiger charge is 2.24. The van der Waals surface area contributed by atoms with Gasteiger partial charge in [-0.25, -0.2) is 0 Å². The number of amides is 3. The molecule has 3 aromatic rings. The summed E-state index contributed by atoms with van der Waals surface area (Å²) < 4.78 is 38.4. The minimum atomic E-state index is -0.233. The molecular formula is C45H63N3O9. The second-order valence-corrected chi connectivity index (χ2v) is 16.5. The molecule has 1 aliphatic rings. The zero-order valence-corrected chi connectivity index (χ0v) is 36.1. The molecule has 6 bridgehead atoms. The first kappa shape index (κ1) is 45.1. The van der Waals surface area contributed by atoms with Crippen molar-refractivity contribution in [2.75, 3.05) is 62.1 Å². The van der Waals surface area contributed by atoms with Gasteiger partial charge < -0.3 is 43.1 Å². The maximum atomic E-state index is 12.8. The van der Waals surface area contributed by atoms with E-state index in [2.05, 4.69) is 65.8 Å². The lowest BCUT2D eigenvalue weighted by atomic mass is 9.84. The van der Waals surface area contributed by atoms with Crippen LogP contribution in [-0.4, -0.2) is 94.5 Å². The molecule has 3 amide bonds. The Labute approximate surface area is 339 Å². The Balaban J connectivity index is 1.93. The molecule has 312 valence electrons. The minimum Gasteiger partial charge on any atom is -0.483 e. The van der Waals surface area contributed by atoms with Crippen molar-refractivity contribution in [3.05, 3.63) is 86.5 Å². The second-order valence-electron chi connectivity index (χ2n) is 16.5. The maximum Gasteiger partial charge on any atom is 0.259 e. The lowest BCUT2D eigenvalue weighted by Gasteiger charge is -2.25. The smallest absolute Gasteiger partial charge is 0.259 e. The Bertz CT molecular complexity index is 1880. The molecule has 0 aromatic heterocycles. The zero-order chi connectivity index (χ0) is 42.0. The van der Waals surface area contributed by atoms with Crippen LogP contribution >= 0.6 is 0 Å². The first-order valence-electron chi connectivity index (χ1n) is 19.6. The van der Waals surface area contributed by atoms with E-state index in [0.29, 0.717) is 17.2 Å². The van der Waals surface area contributed by atoms with Crippen molar-refractivity contribution < 1.29 is 42.8 Å².